The van der Waals surface area contributed by atoms with Crippen molar-refractivity contribution in [1.29, 1.82) is 0 Å². The zero-order valence-electron chi connectivity index (χ0n) is 59.0. The van der Waals surface area contributed by atoms with Crippen LogP contribution in [-0.2, 0) is 65.4 Å². The summed E-state index contributed by atoms with van der Waals surface area (Å²) in [7, 11) is -9.90. The van der Waals surface area contributed by atoms with Crippen LogP contribution in [0.3, 0.4) is 0 Å². The number of phosphoric ester groups is 2. The number of rotatable bonds is 72. The van der Waals surface area contributed by atoms with Crippen molar-refractivity contribution >= 4 is 39.5 Å². The quantitative estimate of drug-likeness (QED) is 0.0222. The predicted octanol–water partition coefficient (Wildman–Crippen LogP) is 20.9. The van der Waals surface area contributed by atoms with Crippen LogP contribution in [0, 0.1) is 5.92 Å². The maximum atomic E-state index is 13.0. The van der Waals surface area contributed by atoms with Gasteiger partial charge in [-0.3, -0.25) is 37.3 Å². The Kier molecular flexibility index (Phi) is 64.0. The molecule has 0 aromatic heterocycles. The van der Waals surface area contributed by atoms with Gasteiger partial charge in [-0.05, 0) is 31.6 Å². The topological polar surface area (TPSA) is 237 Å². The summed E-state index contributed by atoms with van der Waals surface area (Å²) in [6, 6.07) is 0. The Morgan fingerprint density at radius 2 is 0.505 bits per heavy atom. The highest BCUT2D eigenvalue weighted by Gasteiger charge is 2.30. The minimum Gasteiger partial charge on any atom is -0.462 e. The highest BCUT2D eigenvalue weighted by molar-refractivity contribution is 7.47. The summed E-state index contributed by atoms with van der Waals surface area (Å²) in [5, 5.41) is 10.6. The molecule has 0 bridgehead atoms. The number of ether oxygens (including phenoxy) is 4. The van der Waals surface area contributed by atoms with Crippen molar-refractivity contribution in [2.75, 3.05) is 39.6 Å². The van der Waals surface area contributed by atoms with Crippen molar-refractivity contribution < 1.29 is 80.2 Å². The highest BCUT2D eigenvalue weighted by Crippen LogP contribution is 2.45. The summed E-state index contributed by atoms with van der Waals surface area (Å²) in [5.41, 5.74) is 0. The van der Waals surface area contributed by atoms with E-state index in [-0.39, 0.29) is 25.7 Å². The van der Waals surface area contributed by atoms with E-state index in [9.17, 15) is 43.2 Å². The van der Waals surface area contributed by atoms with E-state index in [0.717, 1.165) is 95.8 Å². The molecule has 91 heavy (non-hydrogen) atoms. The third-order valence-electron chi connectivity index (χ3n) is 16.8. The lowest BCUT2D eigenvalue weighted by Crippen LogP contribution is -2.30. The lowest BCUT2D eigenvalue weighted by molar-refractivity contribution is -0.161. The van der Waals surface area contributed by atoms with Crippen LogP contribution in [0.25, 0.3) is 0 Å². The minimum atomic E-state index is -4.95. The largest absolute Gasteiger partial charge is 0.472 e. The molecule has 0 saturated heterocycles. The number of phosphoric acid groups is 2. The number of aliphatic hydroxyl groups is 1. The van der Waals surface area contributed by atoms with E-state index in [1.54, 1.807) is 0 Å². The van der Waals surface area contributed by atoms with Crippen molar-refractivity contribution in [3.8, 4) is 0 Å². The number of unbranched alkanes of at least 4 members (excludes halogenated alkanes) is 44. The van der Waals surface area contributed by atoms with Crippen molar-refractivity contribution in [3.05, 3.63) is 0 Å². The lowest BCUT2D eigenvalue weighted by atomic mass is 10.0. The van der Waals surface area contributed by atoms with Gasteiger partial charge in [0.15, 0.2) is 12.2 Å². The fraction of sp³-hybridized carbons (Fsp3) is 0.944. The third kappa shape index (κ3) is 66.5. The third-order valence-corrected chi connectivity index (χ3v) is 18.7. The Labute approximate surface area is 556 Å². The standard InChI is InChI=1S/C72H140O17P2/c1-6-9-12-15-18-21-23-25-26-27-28-30-32-37-42-47-52-57-71(76)88-68(62-83-70(75)56-51-46-41-36-31-29-24-22-19-16-13-10-7-2)64-87-91(80,81)85-60-66(73)59-84-90(78,79)86-63-67(61-82-69(74)55-50-45-40-34-20-17-14-11-8-3)89-72(77)58-53-48-43-38-33-35-39-44-49-54-65(4)5/h65-68,73H,6-64H2,1-5H3,(H,78,79)(H,80,81)/t66-,67+,68+/m0/s1. The molecule has 17 nitrogen and oxygen atoms in total. The van der Waals surface area contributed by atoms with E-state index in [0.29, 0.717) is 25.7 Å². The molecule has 0 radical (unpaired) electrons. The van der Waals surface area contributed by atoms with Crippen LogP contribution in [0.1, 0.15) is 375 Å². The first-order valence-corrected chi connectivity index (χ1v) is 40.6. The van der Waals surface area contributed by atoms with E-state index < -0.39 is 97.5 Å². The summed E-state index contributed by atoms with van der Waals surface area (Å²) in [5.74, 6) is -1.38. The Balaban J connectivity index is 5.23. The van der Waals surface area contributed by atoms with Crippen molar-refractivity contribution in [2.24, 2.45) is 5.92 Å². The maximum absolute atomic E-state index is 13.0. The van der Waals surface area contributed by atoms with Gasteiger partial charge < -0.3 is 33.8 Å². The molecule has 19 heteroatoms. The zero-order chi connectivity index (χ0) is 67.0. The Morgan fingerprint density at radius 1 is 0.297 bits per heavy atom. The first-order chi connectivity index (χ1) is 44.0. The maximum Gasteiger partial charge on any atom is 0.472 e. The van der Waals surface area contributed by atoms with Crippen LogP contribution < -0.4 is 0 Å². The molecule has 0 spiro atoms. The van der Waals surface area contributed by atoms with Crippen molar-refractivity contribution in [2.45, 2.75) is 393 Å². The van der Waals surface area contributed by atoms with Crippen molar-refractivity contribution in [1.82, 2.24) is 0 Å². The second-order valence-corrected chi connectivity index (χ2v) is 29.4. The van der Waals surface area contributed by atoms with Gasteiger partial charge in [0.1, 0.15) is 19.3 Å². The second kappa shape index (κ2) is 65.4. The molecular formula is C72H140O17P2. The monoisotopic (exact) mass is 1340 g/mol. The summed E-state index contributed by atoms with van der Waals surface area (Å²) < 4.78 is 68.3. The molecule has 0 saturated carbocycles. The first kappa shape index (κ1) is 89.1. The van der Waals surface area contributed by atoms with Gasteiger partial charge in [-0.15, -0.1) is 0 Å². The molecule has 0 fully saturated rings. The highest BCUT2D eigenvalue weighted by atomic mass is 31.2. The van der Waals surface area contributed by atoms with Crippen molar-refractivity contribution in [3.63, 3.8) is 0 Å². The zero-order valence-corrected chi connectivity index (χ0v) is 60.8. The molecule has 3 N–H and O–H groups in total. The van der Waals surface area contributed by atoms with Gasteiger partial charge in [0.25, 0.3) is 0 Å². The van der Waals surface area contributed by atoms with E-state index >= 15 is 0 Å². The number of carbonyl (C=O) groups is 4. The molecule has 0 aliphatic heterocycles. The lowest BCUT2D eigenvalue weighted by Gasteiger charge is -2.21. The number of hydrogen-bond donors (Lipinski definition) is 3. The summed E-state index contributed by atoms with van der Waals surface area (Å²) in [4.78, 5) is 72.6. The van der Waals surface area contributed by atoms with Crippen LogP contribution in [-0.4, -0.2) is 96.7 Å². The summed E-state index contributed by atoms with van der Waals surface area (Å²) >= 11 is 0. The van der Waals surface area contributed by atoms with Gasteiger partial charge in [0.05, 0.1) is 26.4 Å². The normalized spacial score (nSPS) is 14.0. The smallest absolute Gasteiger partial charge is 0.462 e. The Hall–Kier alpha value is -1.94. The molecule has 0 rings (SSSR count). The number of esters is 4. The van der Waals surface area contributed by atoms with E-state index in [2.05, 4.69) is 34.6 Å². The molecule has 5 atom stereocenters. The molecule has 0 amide bonds. The number of aliphatic hydroxyl groups excluding tert-OH is 1. The van der Waals surface area contributed by atoms with Gasteiger partial charge in [-0.2, -0.15) is 0 Å². The first-order valence-electron chi connectivity index (χ1n) is 37.6. The second-order valence-electron chi connectivity index (χ2n) is 26.5. The summed E-state index contributed by atoms with van der Waals surface area (Å²) in [6.07, 6.45) is 52.7. The van der Waals surface area contributed by atoms with E-state index in [1.165, 1.54) is 199 Å². The predicted molar refractivity (Wildman–Crippen MR) is 368 cm³/mol. The minimum absolute atomic E-state index is 0.106. The summed E-state index contributed by atoms with van der Waals surface area (Å²) in [6.45, 7) is 7.23. The van der Waals surface area contributed by atoms with E-state index in [4.69, 9.17) is 37.0 Å². The van der Waals surface area contributed by atoms with Crippen LogP contribution >= 0.6 is 15.6 Å². The average Bonchev–Trinajstić information content (AvgIpc) is 3.61. The van der Waals surface area contributed by atoms with Crippen LogP contribution in [0.2, 0.25) is 0 Å². The van der Waals surface area contributed by atoms with Gasteiger partial charge in [-0.25, -0.2) is 9.13 Å². The molecule has 0 heterocycles. The molecule has 540 valence electrons. The molecule has 0 aliphatic carbocycles. The fourth-order valence-corrected chi connectivity index (χ4v) is 12.6. The average molecular weight is 1340 g/mol. The SMILES string of the molecule is CCCCCCCCCCCCCCCCCCCC(=O)O[C@H](COC(=O)CCCCCCCCCCCCCCC)COP(=O)(O)OC[C@@H](O)COP(=O)(O)OC[C@@H](COC(=O)CCCCCCCCCCC)OC(=O)CCCCCCCCCCCC(C)C. The fourth-order valence-electron chi connectivity index (χ4n) is 11.0. The Bertz CT molecular complexity index is 1750. The molecule has 2 unspecified atom stereocenters. The molecule has 0 aromatic carbocycles. The number of hydrogen-bond acceptors (Lipinski definition) is 15. The van der Waals surface area contributed by atoms with Gasteiger partial charge >= 0.3 is 39.5 Å². The van der Waals surface area contributed by atoms with E-state index in [1.807, 2.05) is 0 Å². The molecular weight excluding hydrogens is 1200 g/mol. The molecule has 0 aromatic rings. The van der Waals surface area contributed by atoms with Crippen LogP contribution in [0.5, 0.6) is 0 Å². The van der Waals surface area contributed by atoms with Gasteiger partial charge in [0.2, 0.25) is 0 Å². The van der Waals surface area contributed by atoms with Crippen LogP contribution in [0.4, 0.5) is 0 Å². The Morgan fingerprint density at radius 3 is 0.747 bits per heavy atom. The van der Waals surface area contributed by atoms with Gasteiger partial charge in [-0.1, -0.05) is 324 Å². The van der Waals surface area contributed by atoms with Crippen LogP contribution in [0.15, 0.2) is 0 Å². The van der Waals surface area contributed by atoms with Gasteiger partial charge in [0, 0.05) is 25.7 Å². The molecule has 0 aliphatic rings. The number of carbonyl (C=O) groups excluding carboxylic acids is 4.